The number of hydrogen-bond donors (Lipinski definition) is 1. The summed E-state index contributed by atoms with van der Waals surface area (Å²) in [5, 5.41) is 4.22. The van der Waals surface area contributed by atoms with Gasteiger partial charge >= 0.3 is 0 Å². The largest absolute Gasteiger partial charge is 0.264 e. The lowest BCUT2D eigenvalue weighted by Crippen LogP contribution is -2.15. The number of aromatic nitrogens is 3. The van der Waals surface area contributed by atoms with Crippen molar-refractivity contribution in [2.45, 2.75) is 11.8 Å². The number of hydrogen-bond acceptors (Lipinski definition) is 4. The van der Waals surface area contributed by atoms with Crippen LogP contribution in [0.4, 0.5) is 5.82 Å². The van der Waals surface area contributed by atoms with E-state index in [2.05, 4.69) is 14.8 Å². The lowest BCUT2D eigenvalue weighted by Gasteiger charge is -2.09. The van der Waals surface area contributed by atoms with Crippen LogP contribution in [0, 0.1) is 6.92 Å². The minimum Gasteiger partial charge on any atom is -0.261 e. The molecular weight excluding hydrogens is 312 g/mol. The summed E-state index contributed by atoms with van der Waals surface area (Å²) in [4.78, 5) is 4.00. The fourth-order valence-electron chi connectivity index (χ4n) is 1.99. The van der Waals surface area contributed by atoms with Crippen molar-refractivity contribution in [2.24, 2.45) is 0 Å². The second-order valence-corrected chi connectivity index (χ2v) is 6.47. The number of anilines is 1. The van der Waals surface area contributed by atoms with E-state index in [1.807, 2.05) is 13.0 Å². The second kappa shape index (κ2) is 5.01. The molecule has 21 heavy (non-hydrogen) atoms. The zero-order chi connectivity index (χ0) is 15.0. The Balaban J connectivity index is 2.08. The number of nitrogens with one attached hydrogen (secondary N) is 1. The van der Waals surface area contributed by atoms with E-state index in [1.54, 1.807) is 22.7 Å². The van der Waals surface area contributed by atoms with E-state index >= 15 is 0 Å². The number of fused-ring (bicyclic) bond motifs is 1. The predicted molar refractivity (Wildman–Crippen MR) is 80.0 cm³/mol. The molecule has 3 aromatic rings. The van der Waals surface area contributed by atoms with Gasteiger partial charge in [0.1, 0.15) is 16.7 Å². The van der Waals surface area contributed by atoms with E-state index in [0.717, 1.165) is 5.69 Å². The monoisotopic (exact) mass is 322 g/mol. The van der Waals surface area contributed by atoms with Crippen molar-refractivity contribution in [3.8, 4) is 0 Å². The van der Waals surface area contributed by atoms with Gasteiger partial charge in [-0.25, -0.2) is 17.9 Å². The summed E-state index contributed by atoms with van der Waals surface area (Å²) in [5.41, 5.74) is 1.45. The first-order valence-electron chi connectivity index (χ1n) is 6.06. The molecule has 0 atom stereocenters. The Morgan fingerprint density at radius 3 is 2.71 bits per heavy atom. The normalized spacial score (nSPS) is 11.7. The number of aryl methyl sites for hydroxylation is 1. The summed E-state index contributed by atoms with van der Waals surface area (Å²) in [7, 11) is -3.81. The molecule has 0 aliphatic carbocycles. The minimum atomic E-state index is -3.81. The van der Waals surface area contributed by atoms with Crippen LogP contribution in [0.3, 0.4) is 0 Å². The van der Waals surface area contributed by atoms with Crippen LogP contribution in [-0.2, 0) is 10.0 Å². The van der Waals surface area contributed by atoms with Gasteiger partial charge in [0.2, 0.25) is 0 Å². The molecule has 3 rings (SSSR count). The van der Waals surface area contributed by atoms with Crippen molar-refractivity contribution in [1.29, 1.82) is 0 Å². The first-order valence-corrected chi connectivity index (χ1v) is 7.92. The van der Waals surface area contributed by atoms with Crippen molar-refractivity contribution in [1.82, 2.24) is 14.6 Å². The van der Waals surface area contributed by atoms with Gasteiger partial charge in [-0.1, -0.05) is 23.7 Å². The molecule has 0 unspecified atom stereocenters. The highest BCUT2D eigenvalue weighted by molar-refractivity contribution is 7.92. The SMILES string of the molecule is Cc1ccc2c(NS(=O)(=O)c3ccccc3Cl)ncnn12. The molecular formula is C13H11ClN4O2S. The maximum atomic E-state index is 12.4. The maximum absolute atomic E-state index is 12.4. The molecule has 1 N–H and O–H groups in total. The molecule has 2 aromatic heterocycles. The molecule has 8 heteroatoms. The summed E-state index contributed by atoms with van der Waals surface area (Å²) in [6.45, 7) is 1.87. The van der Waals surface area contributed by atoms with Gasteiger partial charge in [0.25, 0.3) is 10.0 Å². The van der Waals surface area contributed by atoms with Crippen LogP contribution in [-0.4, -0.2) is 23.0 Å². The van der Waals surface area contributed by atoms with Crippen molar-refractivity contribution in [3.05, 3.63) is 53.4 Å². The highest BCUT2D eigenvalue weighted by Gasteiger charge is 2.19. The van der Waals surface area contributed by atoms with E-state index in [0.29, 0.717) is 5.52 Å². The average molecular weight is 323 g/mol. The van der Waals surface area contributed by atoms with Gasteiger partial charge in [0.15, 0.2) is 5.82 Å². The molecule has 0 amide bonds. The number of benzene rings is 1. The minimum absolute atomic E-state index is 0.00621. The van der Waals surface area contributed by atoms with Crippen LogP contribution < -0.4 is 4.72 Å². The van der Waals surface area contributed by atoms with E-state index in [4.69, 9.17) is 11.6 Å². The molecule has 6 nitrogen and oxygen atoms in total. The van der Waals surface area contributed by atoms with Crippen molar-refractivity contribution < 1.29 is 8.42 Å². The molecule has 0 aliphatic rings. The van der Waals surface area contributed by atoms with Crippen LogP contribution in [0.2, 0.25) is 5.02 Å². The number of rotatable bonds is 3. The Bertz CT molecular complexity index is 921. The third-order valence-corrected chi connectivity index (χ3v) is 4.84. The molecule has 0 saturated carbocycles. The molecule has 0 spiro atoms. The van der Waals surface area contributed by atoms with Gasteiger partial charge in [-0.2, -0.15) is 5.10 Å². The molecule has 2 heterocycles. The van der Waals surface area contributed by atoms with Gasteiger partial charge in [0, 0.05) is 5.69 Å². The quantitative estimate of drug-likeness (QED) is 0.803. The average Bonchev–Trinajstić information content (AvgIpc) is 2.82. The molecule has 0 fully saturated rings. The Morgan fingerprint density at radius 1 is 1.19 bits per heavy atom. The topological polar surface area (TPSA) is 76.4 Å². The fraction of sp³-hybridized carbons (Fsp3) is 0.0769. The van der Waals surface area contributed by atoms with Crippen LogP contribution in [0.1, 0.15) is 5.69 Å². The maximum Gasteiger partial charge on any atom is 0.264 e. The third kappa shape index (κ3) is 2.45. The summed E-state index contributed by atoms with van der Waals surface area (Å²) < 4.78 is 28.9. The summed E-state index contributed by atoms with van der Waals surface area (Å²) in [5.74, 6) is 0.206. The predicted octanol–water partition coefficient (Wildman–Crippen LogP) is 2.49. The second-order valence-electron chi connectivity index (χ2n) is 4.42. The Hall–Kier alpha value is -2.12. The summed E-state index contributed by atoms with van der Waals surface area (Å²) in [6.07, 6.45) is 1.30. The lowest BCUT2D eigenvalue weighted by molar-refractivity contribution is 0.601. The van der Waals surface area contributed by atoms with Gasteiger partial charge < -0.3 is 0 Å². The summed E-state index contributed by atoms with van der Waals surface area (Å²) in [6, 6.07) is 9.81. The number of nitrogens with zero attached hydrogens (tertiary/aromatic N) is 3. The van der Waals surface area contributed by atoms with E-state index in [-0.39, 0.29) is 15.7 Å². The van der Waals surface area contributed by atoms with Crippen molar-refractivity contribution in [2.75, 3.05) is 4.72 Å². The van der Waals surface area contributed by atoms with E-state index in [9.17, 15) is 8.42 Å². The van der Waals surface area contributed by atoms with Crippen molar-refractivity contribution >= 4 is 33.0 Å². The summed E-state index contributed by atoms with van der Waals surface area (Å²) >= 11 is 5.94. The fourth-order valence-corrected chi connectivity index (χ4v) is 3.53. The van der Waals surface area contributed by atoms with Crippen LogP contribution in [0.5, 0.6) is 0 Å². The van der Waals surface area contributed by atoms with Gasteiger partial charge in [-0.05, 0) is 31.2 Å². The highest BCUT2D eigenvalue weighted by Crippen LogP contribution is 2.24. The first-order chi connectivity index (χ1) is 9.99. The number of sulfonamides is 1. The molecule has 0 radical (unpaired) electrons. The molecule has 0 bridgehead atoms. The zero-order valence-electron chi connectivity index (χ0n) is 11.0. The molecule has 0 aliphatic heterocycles. The Kier molecular flexibility index (Phi) is 3.30. The smallest absolute Gasteiger partial charge is 0.261 e. The van der Waals surface area contributed by atoms with E-state index < -0.39 is 10.0 Å². The van der Waals surface area contributed by atoms with Crippen LogP contribution in [0.15, 0.2) is 47.6 Å². The van der Waals surface area contributed by atoms with Gasteiger partial charge in [-0.15, -0.1) is 0 Å². The Morgan fingerprint density at radius 2 is 1.95 bits per heavy atom. The third-order valence-electron chi connectivity index (χ3n) is 3.00. The standard InChI is InChI=1S/C13H11ClN4O2S/c1-9-6-7-11-13(15-8-16-18(9)11)17-21(19,20)12-5-3-2-4-10(12)14/h2-8H,1H3,(H,15,16,17). The zero-order valence-corrected chi connectivity index (χ0v) is 12.6. The lowest BCUT2D eigenvalue weighted by atomic mass is 10.4. The van der Waals surface area contributed by atoms with Gasteiger partial charge in [-0.3, -0.25) is 4.72 Å². The molecule has 108 valence electrons. The first kappa shape index (κ1) is 13.8. The van der Waals surface area contributed by atoms with Crippen LogP contribution >= 0.6 is 11.6 Å². The van der Waals surface area contributed by atoms with Crippen LogP contribution in [0.25, 0.3) is 5.52 Å². The van der Waals surface area contributed by atoms with Gasteiger partial charge in [0.05, 0.1) is 5.02 Å². The molecule has 1 aromatic carbocycles. The number of halogens is 1. The Labute approximate surface area is 126 Å². The highest BCUT2D eigenvalue weighted by atomic mass is 35.5. The molecule has 0 saturated heterocycles. The van der Waals surface area contributed by atoms with Crippen molar-refractivity contribution in [3.63, 3.8) is 0 Å². The van der Waals surface area contributed by atoms with E-state index in [1.165, 1.54) is 18.5 Å².